The van der Waals surface area contributed by atoms with Gasteiger partial charge in [-0.1, -0.05) is 184 Å². The zero-order valence-electron chi connectivity index (χ0n) is 45.4. The lowest BCUT2D eigenvalue weighted by Gasteiger charge is -2.28. The van der Waals surface area contributed by atoms with Crippen molar-refractivity contribution in [1.82, 2.24) is 0 Å². The van der Waals surface area contributed by atoms with Gasteiger partial charge in [0.05, 0.1) is 0 Å². The SMILES string of the molecule is Cc1ccc(N(c2ccccc2)c2ccc3c(c2)C(C)(C)c2cc(C=Cc4ccc5c(c4)-c4cc(C=Cc6ccc7c(c6)C(C)(C)c6cc(N(c8ccccc8)c8ccc(C)cc8)ccc6-7)ccc4S5(C)C)ccc2-3)cc1. The van der Waals surface area contributed by atoms with Crippen LogP contribution in [0, 0.1) is 13.8 Å². The van der Waals surface area contributed by atoms with Gasteiger partial charge in [-0.2, -0.15) is 10.0 Å². The number of rotatable bonds is 10. The summed E-state index contributed by atoms with van der Waals surface area (Å²) in [7, 11) is -1.16. The fraction of sp³-hybridized carbons (Fsp3) is 0.135. The van der Waals surface area contributed by atoms with Crippen LogP contribution >= 0.6 is 10.0 Å². The maximum Gasteiger partial charge on any atom is 0.0465 e. The Morgan fingerprint density at radius 2 is 0.597 bits per heavy atom. The summed E-state index contributed by atoms with van der Waals surface area (Å²) in [6, 6.07) is 81.5. The molecular formula is C74H64N2S. The highest BCUT2D eigenvalue weighted by Crippen LogP contribution is 2.67. The van der Waals surface area contributed by atoms with E-state index in [-0.39, 0.29) is 10.8 Å². The van der Waals surface area contributed by atoms with Crippen molar-refractivity contribution in [3.63, 3.8) is 0 Å². The van der Waals surface area contributed by atoms with Crippen molar-refractivity contribution in [2.75, 3.05) is 22.3 Å². The zero-order valence-corrected chi connectivity index (χ0v) is 46.2. The van der Waals surface area contributed by atoms with Crippen LogP contribution in [-0.4, -0.2) is 12.5 Å². The Hall–Kier alpha value is -8.37. The molecular weight excluding hydrogens is 949 g/mol. The van der Waals surface area contributed by atoms with E-state index in [0.29, 0.717) is 0 Å². The number of para-hydroxylation sites is 2. The van der Waals surface area contributed by atoms with Crippen LogP contribution in [0.25, 0.3) is 57.7 Å². The fourth-order valence-corrected chi connectivity index (χ4v) is 15.0. The molecule has 0 saturated heterocycles. The van der Waals surface area contributed by atoms with E-state index in [2.05, 4.69) is 307 Å². The molecule has 0 radical (unpaired) electrons. The van der Waals surface area contributed by atoms with E-state index in [1.807, 2.05) is 0 Å². The molecule has 0 spiro atoms. The number of benzene rings is 10. The minimum Gasteiger partial charge on any atom is -0.310 e. The fourth-order valence-electron chi connectivity index (χ4n) is 12.5. The Balaban J connectivity index is 0.755. The number of hydrogen-bond acceptors (Lipinski definition) is 2. The van der Waals surface area contributed by atoms with Crippen LogP contribution in [0.1, 0.15) is 83.3 Å². The summed E-state index contributed by atoms with van der Waals surface area (Å²) in [6.07, 6.45) is 14.1. The topological polar surface area (TPSA) is 6.48 Å². The van der Waals surface area contributed by atoms with Crippen molar-refractivity contribution in [3.05, 3.63) is 274 Å². The number of anilines is 6. The van der Waals surface area contributed by atoms with Gasteiger partial charge in [0, 0.05) is 54.7 Å². The van der Waals surface area contributed by atoms with Gasteiger partial charge in [-0.3, -0.25) is 0 Å². The molecule has 13 rings (SSSR count). The van der Waals surface area contributed by atoms with Crippen LogP contribution in [0.4, 0.5) is 34.1 Å². The van der Waals surface area contributed by atoms with Crippen LogP contribution in [0.2, 0.25) is 0 Å². The predicted octanol–water partition coefficient (Wildman–Crippen LogP) is 20.7. The Labute approximate surface area is 457 Å². The molecule has 0 amide bonds. The van der Waals surface area contributed by atoms with Crippen molar-refractivity contribution >= 4 is 68.5 Å². The number of hydrogen-bond donors (Lipinski definition) is 0. The van der Waals surface area contributed by atoms with Crippen LogP contribution in [0.5, 0.6) is 0 Å². The molecule has 3 aliphatic rings. The lowest BCUT2D eigenvalue weighted by molar-refractivity contribution is 0.660. The summed E-state index contributed by atoms with van der Waals surface area (Å²) < 4.78 is 0. The third-order valence-corrected chi connectivity index (χ3v) is 19.7. The van der Waals surface area contributed by atoms with Crippen LogP contribution < -0.4 is 9.80 Å². The molecule has 3 heteroatoms. The summed E-state index contributed by atoms with van der Waals surface area (Å²) >= 11 is 0. The molecule has 1 heterocycles. The van der Waals surface area contributed by atoms with Gasteiger partial charge in [0.25, 0.3) is 0 Å². The van der Waals surface area contributed by atoms with Gasteiger partial charge < -0.3 is 9.80 Å². The van der Waals surface area contributed by atoms with E-state index in [9.17, 15) is 0 Å². The molecule has 0 saturated carbocycles. The largest absolute Gasteiger partial charge is 0.310 e. The second-order valence-electron chi connectivity index (χ2n) is 22.8. The van der Waals surface area contributed by atoms with Crippen LogP contribution in [-0.2, 0) is 10.8 Å². The van der Waals surface area contributed by atoms with Crippen LogP contribution in [0.3, 0.4) is 0 Å². The van der Waals surface area contributed by atoms with E-state index in [4.69, 9.17) is 0 Å². The van der Waals surface area contributed by atoms with Gasteiger partial charge in [-0.05, 0) is 201 Å². The van der Waals surface area contributed by atoms with Crippen LogP contribution in [0.15, 0.2) is 228 Å². The normalized spacial score (nSPS) is 15.1. The molecule has 0 fully saturated rings. The Morgan fingerprint density at radius 1 is 0.299 bits per heavy atom. The van der Waals surface area contributed by atoms with Crippen molar-refractivity contribution in [2.24, 2.45) is 0 Å². The second kappa shape index (κ2) is 18.4. The molecule has 376 valence electrons. The van der Waals surface area contributed by atoms with Gasteiger partial charge in [0.15, 0.2) is 0 Å². The average molecular weight is 1010 g/mol. The summed E-state index contributed by atoms with van der Waals surface area (Å²) in [6.45, 7) is 13.8. The van der Waals surface area contributed by atoms with Gasteiger partial charge in [0.2, 0.25) is 0 Å². The third kappa shape index (κ3) is 8.27. The monoisotopic (exact) mass is 1010 g/mol. The van der Waals surface area contributed by atoms with E-state index in [1.54, 1.807) is 0 Å². The molecule has 0 unspecified atom stereocenters. The van der Waals surface area contributed by atoms with Crippen molar-refractivity contribution in [2.45, 2.75) is 62.2 Å². The first-order chi connectivity index (χ1) is 37.2. The first kappa shape index (κ1) is 48.3. The lowest BCUT2D eigenvalue weighted by atomic mass is 9.81. The molecule has 0 aromatic heterocycles. The molecule has 0 N–H and O–H groups in total. The second-order valence-corrected chi connectivity index (χ2v) is 26.4. The minimum absolute atomic E-state index is 0.167. The molecule has 0 atom stereocenters. The van der Waals surface area contributed by atoms with Gasteiger partial charge in [0.1, 0.15) is 0 Å². The smallest absolute Gasteiger partial charge is 0.0465 e. The van der Waals surface area contributed by atoms with Crippen molar-refractivity contribution in [3.8, 4) is 33.4 Å². The quantitative estimate of drug-likeness (QED) is 0.126. The van der Waals surface area contributed by atoms with E-state index in [0.717, 1.165) is 22.7 Å². The average Bonchev–Trinajstić information content (AvgIpc) is 4.12. The summed E-state index contributed by atoms with van der Waals surface area (Å²) in [5.41, 5.74) is 27.4. The Morgan fingerprint density at radius 3 is 0.974 bits per heavy atom. The first-order valence-corrected chi connectivity index (χ1v) is 29.5. The molecule has 1 aliphatic heterocycles. The van der Waals surface area contributed by atoms with E-state index < -0.39 is 10.0 Å². The molecule has 2 nitrogen and oxygen atoms in total. The highest BCUT2D eigenvalue weighted by atomic mass is 32.3. The van der Waals surface area contributed by atoms with Crippen molar-refractivity contribution < 1.29 is 0 Å². The highest BCUT2D eigenvalue weighted by molar-refractivity contribution is 8.33. The minimum atomic E-state index is -1.16. The molecule has 2 aliphatic carbocycles. The summed E-state index contributed by atoms with van der Waals surface area (Å²) in [5.74, 6) is 0. The maximum atomic E-state index is 2.45. The standard InChI is InChI=1S/C74H64N2S/c1-49-19-31-57(32-20-49)75(55-15-11-9-12-16-55)59-35-39-63-61-37-27-53(45-67(61)73(3,4)69(63)47-59)25-23-51-29-41-71-65(43-51)66-44-52(30-42-72(66)77(71,7)8)24-26-54-28-38-62-64-40-36-60(48-70(64)74(5,6)68(62)46-54)76(56-17-13-10-14-18-56)58-33-21-50(2)22-34-58/h9-48H,1-8H3. The molecule has 10 aromatic carbocycles. The first-order valence-electron chi connectivity index (χ1n) is 27.0. The number of fused-ring (bicyclic) bond motifs is 9. The molecule has 0 bridgehead atoms. The third-order valence-electron chi connectivity index (χ3n) is 16.8. The van der Waals surface area contributed by atoms with Gasteiger partial charge in [-0.15, -0.1) is 0 Å². The summed E-state index contributed by atoms with van der Waals surface area (Å²) in [5, 5.41) is 0. The lowest BCUT2D eigenvalue weighted by Crippen LogP contribution is -2.16. The highest BCUT2D eigenvalue weighted by Gasteiger charge is 2.38. The Bertz CT molecular complexity index is 3750. The van der Waals surface area contributed by atoms with Gasteiger partial charge >= 0.3 is 0 Å². The zero-order chi connectivity index (χ0) is 52.8. The molecule has 10 aromatic rings. The Kier molecular flexibility index (Phi) is 11.6. The van der Waals surface area contributed by atoms with Gasteiger partial charge in [-0.25, -0.2) is 0 Å². The maximum absolute atomic E-state index is 2.45. The number of nitrogens with zero attached hydrogens (tertiary/aromatic N) is 2. The van der Waals surface area contributed by atoms with E-state index >= 15 is 0 Å². The molecule has 77 heavy (non-hydrogen) atoms. The number of aryl methyl sites for hydroxylation is 2. The van der Waals surface area contributed by atoms with E-state index in [1.165, 1.54) is 110 Å². The predicted molar refractivity (Wildman–Crippen MR) is 333 cm³/mol. The summed E-state index contributed by atoms with van der Waals surface area (Å²) in [4.78, 5) is 7.67. The van der Waals surface area contributed by atoms with Crippen molar-refractivity contribution in [1.29, 1.82) is 0 Å².